The highest BCUT2D eigenvalue weighted by atomic mass is 19.2. The number of ether oxygens (including phenoxy) is 1. The van der Waals surface area contributed by atoms with E-state index < -0.39 is 29.2 Å². The van der Waals surface area contributed by atoms with Crippen molar-refractivity contribution in [1.82, 2.24) is 15.3 Å². The number of urea groups is 1. The first-order valence-corrected chi connectivity index (χ1v) is 8.29. The minimum atomic E-state index is -1.64. The van der Waals surface area contributed by atoms with Gasteiger partial charge < -0.3 is 20.3 Å². The molecule has 0 unspecified atom stereocenters. The number of carbonyl (C=O) groups is 1. The predicted octanol–water partition coefficient (Wildman–Crippen LogP) is 2.36. The van der Waals surface area contributed by atoms with Crippen molar-refractivity contribution in [3.05, 3.63) is 47.0 Å². The van der Waals surface area contributed by atoms with E-state index in [1.165, 1.54) is 0 Å². The van der Waals surface area contributed by atoms with Crippen LogP contribution in [0.4, 0.5) is 29.6 Å². The number of anilines is 2. The Kier molecular flexibility index (Phi) is 5.75. The van der Waals surface area contributed by atoms with Gasteiger partial charge in [0.1, 0.15) is 0 Å². The minimum absolute atomic E-state index is 0.0534. The smallest absolute Gasteiger partial charge is 0.319 e. The van der Waals surface area contributed by atoms with E-state index in [-0.39, 0.29) is 6.54 Å². The minimum Gasteiger partial charge on any atom is -0.378 e. The Morgan fingerprint density at radius 1 is 1.19 bits per heavy atom. The molecule has 3 rings (SSSR count). The predicted molar refractivity (Wildman–Crippen MR) is 92.0 cm³/mol. The molecule has 2 N–H and O–H groups in total. The van der Waals surface area contributed by atoms with Gasteiger partial charge in [0.2, 0.25) is 5.95 Å². The summed E-state index contributed by atoms with van der Waals surface area (Å²) in [6, 6.07) is 2.61. The van der Waals surface area contributed by atoms with Crippen LogP contribution in [0.3, 0.4) is 0 Å². The number of hydrogen-bond donors (Lipinski definition) is 2. The number of carbonyl (C=O) groups excluding carboxylic acids is 1. The Hall–Kier alpha value is -2.88. The van der Waals surface area contributed by atoms with Gasteiger partial charge in [-0.05, 0) is 25.1 Å². The summed E-state index contributed by atoms with van der Waals surface area (Å²) in [7, 11) is 0. The summed E-state index contributed by atoms with van der Waals surface area (Å²) in [5.74, 6) is -3.89. The normalized spacial score (nSPS) is 14.1. The topological polar surface area (TPSA) is 79.4 Å². The molecule has 2 amide bonds. The van der Waals surface area contributed by atoms with Crippen molar-refractivity contribution in [3.63, 3.8) is 0 Å². The molecule has 1 aliphatic rings. The highest BCUT2D eigenvalue weighted by molar-refractivity contribution is 5.89. The number of hydrogen-bond acceptors (Lipinski definition) is 5. The first kappa shape index (κ1) is 18.9. The molecule has 1 saturated heterocycles. The molecular formula is C17H18F3N5O2. The number of morpholine rings is 1. The fraction of sp³-hybridized carbons (Fsp3) is 0.353. The molecule has 7 nitrogen and oxygen atoms in total. The van der Waals surface area contributed by atoms with Crippen molar-refractivity contribution < 1.29 is 22.7 Å². The van der Waals surface area contributed by atoms with Gasteiger partial charge in [0.05, 0.1) is 31.1 Å². The third kappa shape index (κ3) is 4.64. The molecule has 1 aromatic carbocycles. The molecular weight excluding hydrogens is 363 g/mol. The average Bonchev–Trinajstić information content (AvgIpc) is 2.67. The summed E-state index contributed by atoms with van der Waals surface area (Å²) < 4.78 is 45.0. The molecule has 0 spiro atoms. The number of nitrogens with zero attached hydrogens (tertiary/aromatic N) is 3. The lowest BCUT2D eigenvalue weighted by molar-refractivity contribution is 0.122. The number of halogens is 3. The van der Waals surface area contributed by atoms with Crippen LogP contribution in [0.1, 0.15) is 11.4 Å². The lowest BCUT2D eigenvalue weighted by Crippen LogP contribution is -2.37. The molecule has 0 bridgehead atoms. The summed E-state index contributed by atoms with van der Waals surface area (Å²) in [5, 5.41) is 4.64. The Labute approximate surface area is 153 Å². The van der Waals surface area contributed by atoms with Crippen LogP contribution in [-0.4, -0.2) is 42.3 Å². The molecule has 1 fully saturated rings. The van der Waals surface area contributed by atoms with E-state index in [0.717, 1.165) is 17.8 Å². The molecule has 2 heterocycles. The van der Waals surface area contributed by atoms with E-state index in [1.54, 1.807) is 6.07 Å². The number of amides is 2. The highest BCUT2D eigenvalue weighted by Gasteiger charge is 2.17. The zero-order valence-corrected chi connectivity index (χ0v) is 14.6. The van der Waals surface area contributed by atoms with Gasteiger partial charge in [-0.25, -0.2) is 27.9 Å². The van der Waals surface area contributed by atoms with Crippen LogP contribution in [0.15, 0.2) is 18.2 Å². The van der Waals surface area contributed by atoms with Gasteiger partial charge in [0.15, 0.2) is 17.5 Å². The Morgan fingerprint density at radius 3 is 2.67 bits per heavy atom. The monoisotopic (exact) mass is 381 g/mol. The summed E-state index contributed by atoms with van der Waals surface area (Å²) >= 11 is 0. The molecule has 10 heteroatoms. The standard InChI is InChI=1S/C17H18F3N5O2/c1-10-8-11(23-16(22-10)25-4-6-27-7-5-25)9-21-17(26)24-13-3-2-12(18)14(19)15(13)20/h2-3,8H,4-7,9H2,1H3,(H2,21,24,26). The largest absolute Gasteiger partial charge is 0.378 e. The fourth-order valence-electron chi connectivity index (χ4n) is 2.57. The zero-order chi connectivity index (χ0) is 19.4. The SMILES string of the molecule is Cc1cc(CNC(=O)Nc2ccc(F)c(F)c2F)nc(N2CCOCC2)n1. The average molecular weight is 381 g/mol. The summed E-state index contributed by atoms with van der Waals surface area (Å²) in [6.45, 7) is 4.39. The van der Waals surface area contributed by atoms with Crippen molar-refractivity contribution in [2.24, 2.45) is 0 Å². The molecule has 1 aliphatic heterocycles. The van der Waals surface area contributed by atoms with E-state index in [9.17, 15) is 18.0 Å². The number of aromatic nitrogens is 2. The quantitative estimate of drug-likeness (QED) is 0.795. The Morgan fingerprint density at radius 2 is 1.93 bits per heavy atom. The Bertz CT molecular complexity index is 844. The first-order chi connectivity index (χ1) is 12.9. The second kappa shape index (κ2) is 8.21. The van der Waals surface area contributed by atoms with Gasteiger partial charge in [-0.15, -0.1) is 0 Å². The number of nitrogens with one attached hydrogen (secondary N) is 2. The lowest BCUT2D eigenvalue weighted by Gasteiger charge is -2.27. The van der Waals surface area contributed by atoms with E-state index in [1.807, 2.05) is 11.8 Å². The van der Waals surface area contributed by atoms with E-state index in [2.05, 4.69) is 20.6 Å². The van der Waals surface area contributed by atoms with Gasteiger partial charge >= 0.3 is 6.03 Å². The van der Waals surface area contributed by atoms with Crippen LogP contribution >= 0.6 is 0 Å². The van der Waals surface area contributed by atoms with Crippen molar-refractivity contribution in [1.29, 1.82) is 0 Å². The summed E-state index contributed by atoms with van der Waals surface area (Å²) in [6.07, 6.45) is 0. The third-order valence-corrected chi connectivity index (χ3v) is 3.90. The van der Waals surface area contributed by atoms with Crippen LogP contribution < -0.4 is 15.5 Å². The highest BCUT2D eigenvalue weighted by Crippen LogP contribution is 2.19. The molecule has 0 radical (unpaired) electrons. The second-order valence-corrected chi connectivity index (χ2v) is 5.93. The first-order valence-electron chi connectivity index (χ1n) is 8.29. The van der Waals surface area contributed by atoms with Crippen molar-refractivity contribution in [2.45, 2.75) is 13.5 Å². The van der Waals surface area contributed by atoms with Crippen molar-refractivity contribution >= 4 is 17.7 Å². The van der Waals surface area contributed by atoms with E-state index >= 15 is 0 Å². The second-order valence-electron chi connectivity index (χ2n) is 5.93. The van der Waals surface area contributed by atoms with Gasteiger partial charge in [0.25, 0.3) is 0 Å². The van der Waals surface area contributed by atoms with Crippen LogP contribution in [0.2, 0.25) is 0 Å². The molecule has 1 aromatic heterocycles. The maximum atomic E-state index is 13.6. The van der Waals surface area contributed by atoms with Crippen LogP contribution in [0.5, 0.6) is 0 Å². The van der Waals surface area contributed by atoms with Gasteiger partial charge in [-0.2, -0.15) is 0 Å². The summed E-state index contributed by atoms with van der Waals surface area (Å²) in [4.78, 5) is 22.7. The molecule has 27 heavy (non-hydrogen) atoms. The van der Waals surface area contributed by atoms with Crippen molar-refractivity contribution in [3.8, 4) is 0 Å². The van der Waals surface area contributed by atoms with Gasteiger partial charge in [-0.1, -0.05) is 0 Å². The van der Waals surface area contributed by atoms with Gasteiger partial charge in [-0.3, -0.25) is 0 Å². The van der Waals surface area contributed by atoms with Gasteiger partial charge in [0, 0.05) is 18.8 Å². The van der Waals surface area contributed by atoms with Crippen molar-refractivity contribution in [2.75, 3.05) is 36.5 Å². The third-order valence-electron chi connectivity index (χ3n) is 3.90. The van der Waals surface area contributed by atoms with E-state index in [0.29, 0.717) is 37.9 Å². The van der Waals surface area contributed by atoms with Crippen LogP contribution in [-0.2, 0) is 11.3 Å². The number of rotatable bonds is 4. The number of aryl methyl sites for hydroxylation is 1. The Balaban J connectivity index is 1.63. The maximum absolute atomic E-state index is 13.6. The lowest BCUT2D eigenvalue weighted by atomic mass is 10.3. The fourth-order valence-corrected chi connectivity index (χ4v) is 2.57. The van der Waals surface area contributed by atoms with Crippen LogP contribution in [0, 0.1) is 24.4 Å². The molecule has 0 saturated carbocycles. The molecule has 144 valence electrons. The van der Waals surface area contributed by atoms with E-state index in [4.69, 9.17) is 4.74 Å². The molecule has 2 aromatic rings. The summed E-state index contributed by atoms with van der Waals surface area (Å²) in [5.41, 5.74) is 0.833. The maximum Gasteiger partial charge on any atom is 0.319 e. The molecule has 0 aliphatic carbocycles. The zero-order valence-electron chi connectivity index (χ0n) is 14.6. The molecule has 0 atom stereocenters. The number of benzene rings is 1. The van der Waals surface area contributed by atoms with Crippen LogP contribution in [0.25, 0.3) is 0 Å².